The number of carbonyl (C=O) groups excluding carboxylic acids is 3. The second-order valence-electron chi connectivity index (χ2n) is 8.80. The maximum atomic E-state index is 13.8. The zero-order valence-corrected chi connectivity index (χ0v) is 18.7. The molecule has 3 saturated heterocycles. The van der Waals surface area contributed by atoms with Gasteiger partial charge in [-0.15, -0.1) is 11.8 Å². The molecule has 0 radical (unpaired) electrons. The molecule has 2 amide bonds. The Balaban J connectivity index is 1.45. The number of rotatable bonds is 5. The molecule has 0 aromatic rings. The van der Waals surface area contributed by atoms with Gasteiger partial charge in [0.05, 0.1) is 36.4 Å². The summed E-state index contributed by atoms with van der Waals surface area (Å²) < 4.78 is 9.90. The molecule has 0 aliphatic carbocycles. The van der Waals surface area contributed by atoms with E-state index in [-0.39, 0.29) is 42.8 Å². The summed E-state index contributed by atoms with van der Waals surface area (Å²) in [5.41, 5.74) is 0. The molecule has 3 fully saturated rings. The molecule has 9 nitrogen and oxygen atoms in total. The van der Waals surface area contributed by atoms with Gasteiger partial charge in [-0.1, -0.05) is 24.3 Å². The van der Waals surface area contributed by atoms with Crippen LogP contribution in [0.5, 0.6) is 0 Å². The van der Waals surface area contributed by atoms with Crippen molar-refractivity contribution in [3.63, 3.8) is 0 Å². The van der Waals surface area contributed by atoms with Crippen LogP contribution in [0.25, 0.3) is 0 Å². The quantitative estimate of drug-likeness (QED) is 0.415. The maximum absolute atomic E-state index is 13.8. The number of esters is 1. The number of likely N-dealkylation sites (tertiary alicyclic amines) is 1. The highest BCUT2D eigenvalue weighted by molar-refractivity contribution is 8.02. The summed E-state index contributed by atoms with van der Waals surface area (Å²) in [6.45, 7) is 4.88. The van der Waals surface area contributed by atoms with E-state index in [2.05, 4.69) is 4.90 Å². The summed E-state index contributed by atoms with van der Waals surface area (Å²) in [5, 5.41) is 9.44. The monoisotopic (exact) mass is 463 g/mol. The first-order valence-electron chi connectivity index (χ1n) is 11.3. The van der Waals surface area contributed by atoms with Gasteiger partial charge in [-0.25, -0.2) is 0 Å². The number of aliphatic hydroxyl groups is 1. The molecule has 1 spiro atoms. The summed E-state index contributed by atoms with van der Waals surface area (Å²) in [6, 6.07) is -0.742. The zero-order chi connectivity index (χ0) is 22.3. The fourth-order valence-electron chi connectivity index (χ4n) is 5.65. The molecule has 0 saturated carbocycles. The van der Waals surface area contributed by atoms with Gasteiger partial charge in [-0.2, -0.15) is 0 Å². The minimum atomic E-state index is -0.840. The number of hydrogen-bond donors (Lipinski definition) is 1. The van der Waals surface area contributed by atoms with Gasteiger partial charge in [0.1, 0.15) is 12.6 Å². The van der Waals surface area contributed by atoms with E-state index in [9.17, 15) is 19.5 Å². The minimum absolute atomic E-state index is 0.0709. The summed E-state index contributed by atoms with van der Waals surface area (Å²) in [4.78, 5) is 45.8. The van der Waals surface area contributed by atoms with Gasteiger partial charge in [0.15, 0.2) is 0 Å². The molecular weight excluding hydrogens is 434 g/mol. The molecule has 5 heterocycles. The van der Waals surface area contributed by atoms with E-state index in [0.717, 1.165) is 19.6 Å². The highest BCUT2D eigenvalue weighted by atomic mass is 32.2. The number of thioether (sulfide) groups is 1. The summed E-state index contributed by atoms with van der Waals surface area (Å²) in [6.07, 6.45) is 7.69. The molecule has 1 unspecified atom stereocenters. The van der Waals surface area contributed by atoms with Crippen LogP contribution in [0.15, 0.2) is 24.3 Å². The van der Waals surface area contributed by atoms with Crippen molar-refractivity contribution < 1.29 is 29.0 Å². The Bertz CT molecular complexity index is 844. The highest BCUT2D eigenvalue weighted by Gasteiger charge is 2.70. The smallest absolute Gasteiger partial charge is 0.311 e. The number of hydrogen-bond acceptors (Lipinski definition) is 8. The number of cyclic esters (lactones) is 1. The largest absolute Gasteiger partial charge is 0.461 e. The van der Waals surface area contributed by atoms with E-state index in [0.29, 0.717) is 26.3 Å². The molecule has 0 aromatic carbocycles. The molecule has 10 heteroatoms. The highest BCUT2D eigenvalue weighted by Crippen LogP contribution is 2.60. The number of aliphatic hydroxyl groups excluding tert-OH is 1. The first-order valence-corrected chi connectivity index (χ1v) is 12.1. The number of carbonyl (C=O) groups is 3. The lowest BCUT2D eigenvalue weighted by Crippen LogP contribution is -2.54. The maximum Gasteiger partial charge on any atom is 0.311 e. The van der Waals surface area contributed by atoms with Crippen LogP contribution in [0.4, 0.5) is 0 Å². The molecule has 174 valence electrons. The van der Waals surface area contributed by atoms with Gasteiger partial charge in [0.2, 0.25) is 11.8 Å². The van der Waals surface area contributed by atoms with Crippen LogP contribution in [0.3, 0.4) is 0 Å². The van der Waals surface area contributed by atoms with Crippen molar-refractivity contribution in [2.24, 2.45) is 11.8 Å². The third-order valence-electron chi connectivity index (χ3n) is 7.13. The Morgan fingerprint density at radius 2 is 1.91 bits per heavy atom. The Labute approximate surface area is 191 Å². The number of β-amino-alcohol motifs (C(OH)–C–C–N with tert-alkyl or cyclic N) is 1. The normalized spacial score (nSPS) is 37.1. The van der Waals surface area contributed by atoms with E-state index in [4.69, 9.17) is 9.47 Å². The predicted molar refractivity (Wildman–Crippen MR) is 117 cm³/mol. The van der Waals surface area contributed by atoms with Crippen molar-refractivity contribution in [1.82, 2.24) is 14.7 Å². The molecule has 0 bridgehead atoms. The average molecular weight is 464 g/mol. The van der Waals surface area contributed by atoms with Crippen LogP contribution >= 0.6 is 11.8 Å². The Kier molecular flexibility index (Phi) is 6.04. The van der Waals surface area contributed by atoms with Crippen LogP contribution in [-0.2, 0) is 23.9 Å². The standard InChI is InChI=1S/C22H29N3O6S/c26-11-8-25-18-20(28)24(7-6-23-9-13-30-14-10-23)5-2-4-22(18)17(19(25)27)16-15(32-22)3-1-12-31-21(16)29/h1-4,15-18,26H,5-14H2/t15-,16+,17-,18?,22-/m0/s1. The SMILES string of the molecule is O=C1OCC=C[C@@H]2S[C@]34C=CCN(CCN5CCOCC5)C(=O)C3N(CCO)C(=O)[C@@H]4[C@H]12. The fourth-order valence-corrected chi connectivity index (χ4v) is 7.65. The molecule has 32 heavy (non-hydrogen) atoms. The van der Waals surface area contributed by atoms with E-state index in [1.807, 2.05) is 24.3 Å². The number of fused-ring (bicyclic) bond motifs is 2. The van der Waals surface area contributed by atoms with E-state index < -0.39 is 22.6 Å². The predicted octanol–water partition coefficient (Wildman–Crippen LogP) is -0.880. The van der Waals surface area contributed by atoms with Crippen molar-refractivity contribution in [3.05, 3.63) is 24.3 Å². The molecule has 5 aliphatic heterocycles. The topological polar surface area (TPSA) is 99.6 Å². The number of amides is 2. The number of nitrogens with zero attached hydrogens (tertiary/aromatic N) is 3. The third-order valence-corrected chi connectivity index (χ3v) is 8.87. The van der Waals surface area contributed by atoms with Crippen molar-refractivity contribution in [2.45, 2.75) is 16.0 Å². The molecular formula is C22H29N3O6S. The Morgan fingerprint density at radius 1 is 1.09 bits per heavy atom. The van der Waals surface area contributed by atoms with Gasteiger partial charge >= 0.3 is 5.97 Å². The van der Waals surface area contributed by atoms with E-state index in [1.165, 1.54) is 16.7 Å². The van der Waals surface area contributed by atoms with Crippen molar-refractivity contribution >= 4 is 29.5 Å². The molecule has 5 aliphatic rings. The first kappa shape index (κ1) is 21.9. The summed E-state index contributed by atoms with van der Waals surface area (Å²) in [7, 11) is 0. The lowest BCUT2D eigenvalue weighted by atomic mass is 9.78. The summed E-state index contributed by atoms with van der Waals surface area (Å²) in [5.74, 6) is -2.06. The first-order chi connectivity index (χ1) is 15.6. The van der Waals surface area contributed by atoms with E-state index >= 15 is 0 Å². The summed E-state index contributed by atoms with van der Waals surface area (Å²) >= 11 is 1.52. The van der Waals surface area contributed by atoms with Gasteiger partial charge in [0.25, 0.3) is 0 Å². The lowest BCUT2D eigenvalue weighted by molar-refractivity contribution is -0.151. The van der Waals surface area contributed by atoms with Gasteiger partial charge in [0, 0.05) is 44.5 Å². The van der Waals surface area contributed by atoms with Crippen molar-refractivity contribution in [1.29, 1.82) is 0 Å². The van der Waals surface area contributed by atoms with Crippen LogP contribution in [0.1, 0.15) is 0 Å². The number of ether oxygens (including phenoxy) is 2. The Hall–Kier alpha value is -1.88. The zero-order valence-electron chi connectivity index (χ0n) is 17.9. The second kappa shape index (κ2) is 8.81. The molecule has 5 rings (SSSR count). The molecule has 5 atom stereocenters. The van der Waals surface area contributed by atoms with E-state index in [1.54, 1.807) is 4.90 Å². The lowest BCUT2D eigenvalue weighted by Gasteiger charge is -2.36. The van der Waals surface area contributed by atoms with Crippen LogP contribution in [0.2, 0.25) is 0 Å². The van der Waals surface area contributed by atoms with Crippen LogP contribution in [-0.4, -0.2) is 119 Å². The molecule has 1 N–H and O–H groups in total. The third kappa shape index (κ3) is 3.48. The van der Waals surface area contributed by atoms with Crippen molar-refractivity contribution in [3.8, 4) is 0 Å². The van der Waals surface area contributed by atoms with Gasteiger partial charge in [-0.05, 0) is 0 Å². The minimum Gasteiger partial charge on any atom is -0.461 e. The Morgan fingerprint density at radius 3 is 2.69 bits per heavy atom. The van der Waals surface area contributed by atoms with Gasteiger partial charge < -0.3 is 24.4 Å². The second-order valence-corrected chi connectivity index (χ2v) is 10.3. The van der Waals surface area contributed by atoms with Gasteiger partial charge in [-0.3, -0.25) is 19.3 Å². The van der Waals surface area contributed by atoms with Crippen LogP contribution < -0.4 is 0 Å². The average Bonchev–Trinajstić information content (AvgIpc) is 3.09. The fraction of sp³-hybridized carbons (Fsp3) is 0.682. The van der Waals surface area contributed by atoms with Crippen LogP contribution in [0, 0.1) is 11.8 Å². The number of morpholine rings is 1. The van der Waals surface area contributed by atoms with Crippen molar-refractivity contribution in [2.75, 3.05) is 65.7 Å². The molecule has 0 aromatic heterocycles.